The number of aliphatic hydroxyl groups is 1. The summed E-state index contributed by atoms with van der Waals surface area (Å²) in [6.45, 7) is -0.0554. The normalized spacial score (nSPS) is 9.62. The van der Waals surface area contributed by atoms with E-state index in [0.717, 1.165) is 0 Å². The van der Waals surface area contributed by atoms with E-state index < -0.39 is 0 Å². The van der Waals surface area contributed by atoms with Crippen molar-refractivity contribution in [1.29, 1.82) is 0 Å². The van der Waals surface area contributed by atoms with Gasteiger partial charge in [-0.15, -0.1) is 0 Å². The van der Waals surface area contributed by atoms with Crippen molar-refractivity contribution in [3.8, 4) is 0 Å². The van der Waals surface area contributed by atoms with Crippen LogP contribution in [0.2, 0.25) is 0 Å². The Balaban J connectivity index is 3.01. The van der Waals surface area contributed by atoms with Gasteiger partial charge in [-0.05, 0) is 12.2 Å². The van der Waals surface area contributed by atoms with Gasteiger partial charge in [0.05, 0.1) is 12.3 Å². The number of H-pyrrole nitrogens is 1. The van der Waals surface area contributed by atoms with E-state index in [9.17, 15) is 0 Å². The van der Waals surface area contributed by atoms with Crippen LogP contribution in [0.5, 0.6) is 0 Å². The van der Waals surface area contributed by atoms with E-state index in [1.165, 1.54) is 6.26 Å². The second-order valence-electron chi connectivity index (χ2n) is 1.33. The summed E-state index contributed by atoms with van der Waals surface area (Å²) in [6.07, 6.45) is 1.39. The summed E-state index contributed by atoms with van der Waals surface area (Å²) in [5.41, 5.74) is 0.606. The molecule has 0 amide bonds. The summed E-state index contributed by atoms with van der Waals surface area (Å²) in [7, 11) is 0. The minimum Gasteiger partial charge on any atom is -0.438 e. The topological polar surface area (TPSA) is 49.2 Å². The summed E-state index contributed by atoms with van der Waals surface area (Å²) in [4.78, 5) is 2.92. The zero-order valence-electron chi connectivity index (χ0n) is 4.05. The molecule has 0 bridgehead atoms. The third-order valence-corrected chi connectivity index (χ3v) is 0.939. The average Bonchev–Trinajstić information content (AvgIpc) is 2.14. The van der Waals surface area contributed by atoms with Gasteiger partial charge < -0.3 is 14.5 Å². The number of aromatic nitrogens is 1. The van der Waals surface area contributed by atoms with Gasteiger partial charge in [-0.2, -0.15) is 0 Å². The molecule has 0 aromatic carbocycles. The first-order chi connectivity index (χ1) is 3.83. The molecule has 8 heavy (non-hydrogen) atoms. The van der Waals surface area contributed by atoms with Crippen molar-refractivity contribution in [2.45, 2.75) is 6.61 Å². The van der Waals surface area contributed by atoms with Crippen LogP contribution in [-0.4, -0.2) is 10.1 Å². The van der Waals surface area contributed by atoms with Crippen molar-refractivity contribution in [2.24, 2.45) is 0 Å². The van der Waals surface area contributed by atoms with Crippen molar-refractivity contribution >= 4 is 12.2 Å². The first-order valence-corrected chi connectivity index (χ1v) is 2.51. The highest BCUT2D eigenvalue weighted by molar-refractivity contribution is 7.71. The molecule has 4 heteroatoms. The highest BCUT2D eigenvalue weighted by atomic mass is 32.1. The number of rotatable bonds is 1. The lowest BCUT2D eigenvalue weighted by molar-refractivity contribution is 0.276. The molecule has 0 atom stereocenters. The SMILES string of the molecule is OCc1coc(=S)[nH]1. The Morgan fingerprint density at radius 2 is 2.62 bits per heavy atom. The fraction of sp³-hybridized carbons (Fsp3) is 0.250. The summed E-state index contributed by atoms with van der Waals surface area (Å²) >= 11 is 4.57. The Morgan fingerprint density at radius 1 is 1.88 bits per heavy atom. The average molecular weight is 131 g/mol. The standard InChI is InChI=1S/C4H5NO2S/c6-1-3-2-7-4(8)5-3/h2,6H,1H2,(H,5,8). The molecule has 3 nitrogen and oxygen atoms in total. The predicted molar refractivity (Wildman–Crippen MR) is 29.8 cm³/mol. The van der Waals surface area contributed by atoms with Gasteiger partial charge >= 0.3 is 0 Å². The molecule has 1 aromatic heterocycles. The molecule has 1 heterocycles. The molecule has 0 aliphatic heterocycles. The molecule has 44 valence electrons. The molecule has 1 rings (SSSR count). The maximum Gasteiger partial charge on any atom is 0.266 e. The molecule has 0 unspecified atom stereocenters. The molecule has 2 N–H and O–H groups in total. The van der Waals surface area contributed by atoms with Crippen LogP contribution in [0.15, 0.2) is 10.7 Å². The molecule has 0 spiro atoms. The molecule has 0 aliphatic carbocycles. The minimum atomic E-state index is -0.0554. The van der Waals surface area contributed by atoms with Crippen molar-refractivity contribution in [3.63, 3.8) is 0 Å². The van der Waals surface area contributed by atoms with Gasteiger partial charge in [-0.1, -0.05) is 0 Å². The number of aromatic amines is 1. The summed E-state index contributed by atoms with van der Waals surface area (Å²) in [6, 6.07) is 0. The largest absolute Gasteiger partial charge is 0.438 e. The fourth-order valence-corrected chi connectivity index (χ4v) is 0.571. The van der Waals surface area contributed by atoms with Crippen molar-refractivity contribution in [2.75, 3.05) is 0 Å². The first-order valence-electron chi connectivity index (χ1n) is 2.10. The second-order valence-corrected chi connectivity index (χ2v) is 1.70. The Labute approximate surface area is 51.0 Å². The maximum atomic E-state index is 8.41. The molecule has 0 aliphatic rings. The van der Waals surface area contributed by atoms with Gasteiger partial charge in [0, 0.05) is 0 Å². The zero-order chi connectivity index (χ0) is 5.98. The van der Waals surface area contributed by atoms with E-state index in [4.69, 9.17) is 5.11 Å². The third-order valence-electron chi connectivity index (χ3n) is 0.741. The van der Waals surface area contributed by atoms with E-state index in [1.54, 1.807) is 0 Å². The van der Waals surface area contributed by atoms with Crippen molar-refractivity contribution in [3.05, 3.63) is 16.8 Å². The predicted octanol–water partition coefficient (Wildman–Crippen LogP) is 0.829. The van der Waals surface area contributed by atoms with Crippen LogP contribution >= 0.6 is 12.2 Å². The van der Waals surface area contributed by atoms with Gasteiger partial charge in [-0.3, -0.25) is 0 Å². The zero-order valence-corrected chi connectivity index (χ0v) is 4.86. The fourth-order valence-electron chi connectivity index (χ4n) is 0.391. The van der Waals surface area contributed by atoms with E-state index in [1.807, 2.05) is 0 Å². The Hall–Kier alpha value is -0.610. The molecule has 0 saturated heterocycles. The highest BCUT2D eigenvalue weighted by Gasteiger charge is 1.88. The number of nitrogens with one attached hydrogen (secondary N) is 1. The monoisotopic (exact) mass is 131 g/mol. The van der Waals surface area contributed by atoms with Crippen LogP contribution in [0.25, 0.3) is 0 Å². The lowest BCUT2D eigenvalue weighted by atomic mass is 10.5. The van der Waals surface area contributed by atoms with E-state index in [2.05, 4.69) is 21.6 Å². The first kappa shape index (κ1) is 5.53. The molecule has 0 radical (unpaired) electrons. The lowest BCUT2D eigenvalue weighted by Gasteiger charge is -1.77. The van der Waals surface area contributed by atoms with Crippen molar-refractivity contribution in [1.82, 2.24) is 4.98 Å². The van der Waals surface area contributed by atoms with Crippen LogP contribution in [0.4, 0.5) is 0 Å². The van der Waals surface area contributed by atoms with Crippen LogP contribution in [-0.2, 0) is 6.61 Å². The molecule has 1 aromatic rings. The van der Waals surface area contributed by atoms with Gasteiger partial charge in [-0.25, -0.2) is 0 Å². The highest BCUT2D eigenvalue weighted by Crippen LogP contribution is 1.94. The quantitative estimate of drug-likeness (QED) is 0.555. The number of hydrogen-bond acceptors (Lipinski definition) is 3. The van der Waals surface area contributed by atoms with E-state index in [0.29, 0.717) is 10.5 Å². The van der Waals surface area contributed by atoms with Crippen LogP contribution in [0, 0.1) is 4.84 Å². The van der Waals surface area contributed by atoms with E-state index in [-0.39, 0.29) is 6.61 Å². The second kappa shape index (κ2) is 2.11. The van der Waals surface area contributed by atoms with E-state index >= 15 is 0 Å². The Kier molecular flexibility index (Phi) is 1.45. The number of aliphatic hydroxyl groups excluding tert-OH is 1. The molecule has 0 saturated carbocycles. The van der Waals surface area contributed by atoms with Crippen molar-refractivity contribution < 1.29 is 9.52 Å². The van der Waals surface area contributed by atoms with Crippen LogP contribution < -0.4 is 0 Å². The molecular weight excluding hydrogens is 126 g/mol. The van der Waals surface area contributed by atoms with Gasteiger partial charge in [0.25, 0.3) is 4.84 Å². The number of oxazole rings is 1. The third kappa shape index (κ3) is 0.962. The summed E-state index contributed by atoms with van der Waals surface area (Å²) in [5.74, 6) is 0. The smallest absolute Gasteiger partial charge is 0.266 e. The van der Waals surface area contributed by atoms with Crippen LogP contribution in [0.1, 0.15) is 5.69 Å². The van der Waals surface area contributed by atoms with Crippen LogP contribution in [0.3, 0.4) is 0 Å². The Morgan fingerprint density at radius 3 is 2.88 bits per heavy atom. The van der Waals surface area contributed by atoms with Gasteiger partial charge in [0.15, 0.2) is 0 Å². The maximum absolute atomic E-state index is 8.41. The Bertz CT molecular complexity index is 214. The van der Waals surface area contributed by atoms with Gasteiger partial charge in [0.2, 0.25) is 0 Å². The summed E-state index contributed by atoms with van der Waals surface area (Å²) < 4.78 is 4.65. The molecular formula is C4H5NO2S. The summed E-state index contributed by atoms with van der Waals surface area (Å²) in [5, 5.41) is 8.41. The number of hydrogen-bond donors (Lipinski definition) is 2. The molecule has 0 fully saturated rings. The lowest BCUT2D eigenvalue weighted by Crippen LogP contribution is -1.78. The van der Waals surface area contributed by atoms with Gasteiger partial charge in [0.1, 0.15) is 6.26 Å². The minimum absolute atomic E-state index is 0.0554.